The summed E-state index contributed by atoms with van der Waals surface area (Å²) < 4.78 is 0. The Morgan fingerprint density at radius 1 is 0.643 bits per heavy atom. The van der Waals surface area contributed by atoms with Gasteiger partial charge in [-0.3, -0.25) is 0 Å². The van der Waals surface area contributed by atoms with Crippen LogP contribution in [0.3, 0.4) is 0 Å². The molecule has 0 heterocycles. The second kappa shape index (κ2) is 11.9. The zero-order valence-electron chi connectivity index (χ0n) is 8.60. The number of unbranched alkanes of at least 4 members (excludes halogenated alkanes) is 7. The number of oxime groups is 2. The molecule has 4 nitrogen and oxygen atoms in total. The molecule has 0 aromatic heterocycles. The lowest BCUT2D eigenvalue weighted by Crippen LogP contribution is -1.82. The Morgan fingerprint density at radius 2 is 1.00 bits per heavy atom. The minimum atomic E-state index is 0.869. The van der Waals surface area contributed by atoms with Crippen molar-refractivity contribution < 1.29 is 10.4 Å². The Labute approximate surface area is 85.3 Å². The van der Waals surface area contributed by atoms with Crippen molar-refractivity contribution in [2.45, 2.75) is 51.4 Å². The lowest BCUT2D eigenvalue weighted by Gasteiger charge is -1.98. The van der Waals surface area contributed by atoms with E-state index in [1.54, 1.807) is 0 Å². The van der Waals surface area contributed by atoms with Crippen LogP contribution < -0.4 is 0 Å². The monoisotopic (exact) mass is 200 g/mol. The third-order valence-corrected chi connectivity index (χ3v) is 2.08. The van der Waals surface area contributed by atoms with Gasteiger partial charge in [-0.2, -0.15) is 0 Å². The van der Waals surface area contributed by atoms with E-state index in [2.05, 4.69) is 10.3 Å². The van der Waals surface area contributed by atoms with E-state index < -0.39 is 0 Å². The number of rotatable bonds is 9. The standard InChI is InChI=1S/C10H20N2O2/c13-11-9-7-5-3-1-2-4-6-8-10-12-14/h9-10,13-14H,1-8H2. The van der Waals surface area contributed by atoms with Gasteiger partial charge < -0.3 is 10.4 Å². The Morgan fingerprint density at radius 3 is 1.36 bits per heavy atom. The largest absolute Gasteiger partial charge is 0.411 e. The molecular weight excluding hydrogens is 180 g/mol. The highest BCUT2D eigenvalue weighted by atomic mass is 16.4. The molecule has 0 saturated carbocycles. The maximum absolute atomic E-state index is 8.13. The normalized spacial score (nSPS) is 11.7. The van der Waals surface area contributed by atoms with Crippen molar-refractivity contribution in [2.75, 3.05) is 0 Å². The summed E-state index contributed by atoms with van der Waals surface area (Å²) in [4.78, 5) is 0. The van der Waals surface area contributed by atoms with E-state index in [0.29, 0.717) is 0 Å². The molecule has 82 valence electrons. The summed E-state index contributed by atoms with van der Waals surface area (Å²) >= 11 is 0. The van der Waals surface area contributed by atoms with E-state index in [9.17, 15) is 0 Å². The van der Waals surface area contributed by atoms with Crippen molar-refractivity contribution in [1.29, 1.82) is 0 Å². The SMILES string of the molecule is ON=CCCCCCCCCC=NO. The van der Waals surface area contributed by atoms with Gasteiger partial charge in [0, 0.05) is 12.4 Å². The van der Waals surface area contributed by atoms with E-state index in [0.717, 1.165) is 25.7 Å². The zero-order valence-corrected chi connectivity index (χ0v) is 8.60. The average Bonchev–Trinajstić information content (AvgIpc) is 2.21. The van der Waals surface area contributed by atoms with Gasteiger partial charge in [0.25, 0.3) is 0 Å². The Hall–Kier alpha value is -1.06. The van der Waals surface area contributed by atoms with E-state index in [1.807, 2.05) is 0 Å². The van der Waals surface area contributed by atoms with Gasteiger partial charge >= 0.3 is 0 Å². The molecule has 0 saturated heterocycles. The molecule has 0 aromatic carbocycles. The van der Waals surface area contributed by atoms with E-state index >= 15 is 0 Å². The lowest BCUT2D eigenvalue weighted by molar-refractivity contribution is 0.320. The molecule has 2 N–H and O–H groups in total. The predicted octanol–water partition coefficient (Wildman–Crippen LogP) is 3.03. The second-order valence-electron chi connectivity index (χ2n) is 3.29. The van der Waals surface area contributed by atoms with Crippen LogP contribution in [-0.2, 0) is 0 Å². The van der Waals surface area contributed by atoms with Crippen molar-refractivity contribution in [1.82, 2.24) is 0 Å². The highest BCUT2D eigenvalue weighted by Crippen LogP contribution is 2.07. The van der Waals surface area contributed by atoms with Gasteiger partial charge in [-0.15, -0.1) is 10.3 Å². The Balaban J connectivity index is 2.92. The molecule has 14 heavy (non-hydrogen) atoms. The van der Waals surface area contributed by atoms with E-state index in [4.69, 9.17) is 10.4 Å². The van der Waals surface area contributed by atoms with Crippen LogP contribution in [0.4, 0.5) is 0 Å². The van der Waals surface area contributed by atoms with Gasteiger partial charge in [0.15, 0.2) is 0 Å². The van der Waals surface area contributed by atoms with Crippen molar-refractivity contribution in [3.05, 3.63) is 0 Å². The topological polar surface area (TPSA) is 65.2 Å². The fourth-order valence-corrected chi connectivity index (χ4v) is 1.29. The summed E-state index contributed by atoms with van der Waals surface area (Å²) in [5.41, 5.74) is 0. The fourth-order valence-electron chi connectivity index (χ4n) is 1.29. The van der Waals surface area contributed by atoms with Crippen LogP contribution in [0.25, 0.3) is 0 Å². The third-order valence-electron chi connectivity index (χ3n) is 2.08. The summed E-state index contributed by atoms with van der Waals surface area (Å²) in [7, 11) is 0. The third kappa shape index (κ3) is 10.9. The van der Waals surface area contributed by atoms with Gasteiger partial charge in [-0.1, -0.05) is 25.7 Å². The van der Waals surface area contributed by atoms with Crippen LogP contribution in [0.15, 0.2) is 10.3 Å². The maximum atomic E-state index is 8.13. The molecule has 0 spiro atoms. The van der Waals surface area contributed by atoms with Crippen LogP contribution in [0.2, 0.25) is 0 Å². The maximum Gasteiger partial charge on any atom is 0.0435 e. The summed E-state index contributed by atoms with van der Waals surface area (Å²) in [6.45, 7) is 0. The van der Waals surface area contributed by atoms with Crippen LogP contribution in [0.1, 0.15) is 51.4 Å². The van der Waals surface area contributed by atoms with Gasteiger partial charge in [0.2, 0.25) is 0 Å². The van der Waals surface area contributed by atoms with Crippen molar-refractivity contribution in [2.24, 2.45) is 10.3 Å². The van der Waals surface area contributed by atoms with Crippen molar-refractivity contribution in [3.8, 4) is 0 Å². The first-order valence-corrected chi connectivity index (χ1v) is 5.23. The van der Waals surface area contributed by atoms with Crippen LogP contribution >= 0.6 is 0 Å². The minimum Gasteiger partial charge on any atom is -0.411 e. The second-order valence-corrected chi connectivity index (χ2v) is 3.29. The van der Waals surface area contributed by atoms with E-state index in [-0.39, 0.29) is 0 Å². The number of hydrogen-bond donors (Lipinski definition) is 2. The average molecular weight is 200 g/mol. The molecule has 0 radical (unpaired) electrons. The first-order chi connectivity index (χ1) is 6.91. The molecule has 0 fully saturated rings. The minimum absolute atomic E-state index is 0.869. The van der Waals surface area contributed by atoms with Crippen molar-refractivity contribution >= 4 is 12.4 Å². The van der Waals surface area contributed by atoms with Crippen LogP contribution in [0.5, 0.6) is 0 Å². The molecular formula is C10H20N2O2. The van der Waals surface area contributed by atoms with Gasteiger partial charge in [0.1, 0.15) is 0 Å². The summed E-state index contributed by atoms with van der Waals surface area (Å²) in [6, 6.07) is 0. The molecule has 4 heteroatoms. The molecule has 0 aromatic rings. The molecule has 0 aliphatic heterocycles. The van der Waals surface area contributed by atoms with Gasteiger partial charge in [-0.25, -0.2) is 0 Å². The van der Waals surface area contributed by atoms with Crippen LogP contribution in [-0.4, -0.2) is 22.8 Å². The predicted molar refractivity (Wildman–Crippen MR) is 57.5 cm³/mol. The molecule has 0 atom stereocenters. The summed E-state index contributed by atoms with van der Waals surface area (Å²) in [6.07, 6.45) is 11.9. The molecule has 0 bridgehead atoms. The zero-order chi connectivity index (χ0) is 10.5. The molecule has 0 aliphatic carbocycles. The Kier molecular flexibility index (Phi) is 11.0. The quantitative estimate of drug-likeness (QED) is 0.260. The van der Waals surface area contributed by atoms with Crippen LogP contribution in [0, 0.1) is 0 Å². The van der Waals surface area contributed by atoms with E-state index in [1.165, 1.54) is 38.1 Å². The molecule has 0 unspecified atom stereocenters. The number of hydrogen-bond acceptors (Lipinski definition) is 4. The highest BCUT2D eigenvalue weighted by Gasteiger charge is 1.90. The van der Waals surface area contributed by atoms with Crippen molar-refractivity contribution in [3.63, 3.8) is 0 Å². The molecule has 0 rings (SSSR count). The smallest absolute Gasteiger partial charge is 0.0435 e. The highest BCUT2D eigenvalue weighted by molar-refractivity contribution is 5.56. The summed E-state index contributed by atoms with van der Waals surface area (Å²) in [5.74, 6) is 0. The first kappa shape index (κ1) is 12.9. The first-order valence-electron chi connectivity index (χ1n) is 5.23. The summed E-state index contributed by atoms with van der Waals surface area (Å²) in [5, 5.41) is 22.1. The molecule has 0 aliphatic rings. The fraction of sp³-hybridized carbons (Fsp3) is 0.800. The lowest BCUT2D eigenvalue weighted by atomic mass is 10.1. The van der Waals surface area contributed by atoms with Gasteiger partial charge in [0.05, 0.1) is 0 Å². The Bertz CT molecular complexity index is 140. The molecule has 0 amide bonds. The van der Waals surface area contributed by atoms with Gasteiger partial charge in [-0.05, 0) is 25.7 Å². The number of nitrogens with zero attached hydrogens (tertiary/aromatic N) is 2.